The molecule has 0 atom stereocenters. The number of hydrogen-bond acceptors (Lipinski definition) is 4. The van der Waals surface area contributed by atoms with E-state index in [1.165, 1.54) is 7.05 Å². The van der Waals surface area contributed by atoms with Crippen molar-refractivity contribution in [2.45, 2.75) is 0 Å². The van der Waals surface area contributed by atoms with Gasteiger partial charge in [0.1, 0.15) is 10.3 Å². The summed E-state index contributed by atoms with van der Waals surface area (Å²) in [6, 6.07) is 3.81. The number of hydrogen-bond donors (Lipinski definition) is 1. The molecule has 19 heavy (non-hydrogen) atoms. The van der Waals surface area contributed by atoms with Crippen LogP contribution < -0.4 is 0 Å². The van der Waals surface area contributed by atoms with Crippen molar-refractivity contribution < 1.29 is 9.59 Å². The molecule has 1 saturated heterocycles. The Balaban J connectivity index is 2.08. The second kappa shape index (κ2) is 4.50. The maximum Gasteiger partial charge on any atom is 0.293 e. The summed E-state index contributed by atoms with van der Waals surface area (Å²) in [5.74, 6) is -0.281. The largest absolute Gasteiger partial charge is 0.346 e. The van der Waals surface area contributed by atoms with Crippen LogP contribution in [0.5, 0.6) is 0 Å². The number of thioether (sulfide) groups is 1. The molecule has 2 aromatic rings. The van der Waals surface area contributed by atoms with Gasteiger partial charge in [-0.25, -0.2) is 4.98 Å². The first-order valence-corrected chi connectivity index (χ1v) is 7.02. The minimum Gasteiger partial charge on any atom is -0.346 e. The van der Waals surface area contributed by atoms with Gasteiger partial charge >= 0.3 is 0 Å². The fourth-order valence-electron chi connectivity index (χ4n) is 1.76. The number of fused-ring (bicyclic) bond motifs is 1. The topological polar surface area (TPSA) is 66.1 Å². The molecule has 0 unspecified atom stereocenters. The van der Waals surface area contributed by atoms with E-state index in [2.05, 4.69) is 25.9 Å². The van der Waals surface area contributed by atoms with Gasteiger partial charge in [-0.15, -0.1) is 0 Å². The van der Waals surface area contributed by atoms with Crippen LogP contribution in [0.1, 0.15) is 5.56 Å². The molecule has 7 heteroatoms. The van der Waals surface area contributed by atoms with E-state index in [1.807, 2.05) is 12.1 Å². The second-order valence-corrected chi connectivity index (χ2v) is 5.77. The van der Waals surface area contributed by atoms with E-state index in [9.17, 15) is 9.59 Å². The molecule has 1 fully saturated rings. The van der Waals surface area contributed by atoms with Gasteiger partial charge in [-0.05, 0) is 45.9 Å². The molecule has 0 saturated carbocycles. The summed E-state index contributed by atoms with van der Waals surface area (Å²) in [4.78, 5) is 32.1. The maximum absolute atomic E-state index is 11.8. The summed E-state index contributed by atoms with van der Waals surface area (Å²) < 4.78 is 0.630. The molecule has 96 valence electrons. The smallest absolute Gasteiger partial charge is 0.293 e. The SMILES string of the molecule is CN1C(=O)S/C(=C\c2cc3cc[nH]c3nc2Br)C1=O. The summed E-state index contributed by atoms with van der Waals surface area (Å²) in [7, 11) is 1.47. The third-order valence-electron chi connectivity index (χ3n) is 2.79. The summed E-state index contributed by atoms with van der Waals surface area (Å²) >= 11 is 4.30. The number of nitrogens with one attached hydrogen (secondary N) is 1. The summed E-state index contributed by atoms with van der Waals surface area (Å²) in [6.07, 6.45) is 3.48. The lowest BCUT2D eigenvalue weighted by molar-refractivity contribution is -0.121. The molecule has 0 spiro atoms. The fourth-order valence-corrected chi connectivity index (χ4v) is 2.99. The molecule has 2 amide bonds. The lowest BCUT2D eigenvalue weighted by Crippen LogP contribution is -2.22. The molecule has 1 N–H and O–H groups in total. The van der Waals surface area contributed by atoms with Gasteiger partial charge in [0, 0.05) is 24.2 Å². The monoisotopic (exact) mass is 337 g/mol. The molecule has 0 aromatic carbocycles. The summed E-state index contributed by atoms with van der Waals surface area (Å²) in [5.41, 5.74) is 1.54. The van der Waals surface area contributed by atoms with Crippen molar-refractivity contribution >= 4 is 55.9 Å². The van der Waals surface area contributed by atoms with Gasteiger partial charge < -0.3 is 4.98 Å². The third kappa shape index (κ3) is 2.08. The van der Waals surface area contributed by atoms with Crippen LogP contribution in [0.4, 0.5) is 4.79 Å². The van der Waals surface area contributed by atoms with E-state index >= 15 is 0 Å². The van der Waals surface area contributed by atoms with Crippen molar-refractivity contribution in [3.63, 3.8) is 0 Å². The van der Waals surface area contributed by atoms with Crippen LogP contribution in [0.2, 0.25) is 0 Å². The lowest BCUT2D eigenvalue weighted by Gasteiger charge is -2.02. The first-order valence-electron chi connectivity index (χ1n) is 5.41. The molecule has 1 aliphatic heterocycles. The van der Waals surface area contributed by atoms with E-state index in [0.29, 0.717) is 9.51 Å². The highest BCUT2D eigenvalue weighted by Crippen LogP contribution is 2.32. The van der Waals surface area contributed by atoms with Crippen LogP contribution in [0, 0.1) is 0 Å². The number of nitrogens with zero attached hydrogens (tertiary/aromatic N) is 2. The molecule has 1 aliphatic rings. The first-order chi connectivity index (χ1) is 9.06. The standard InChI is InChI=1S/C12H8BrN3O2S/c1-16-11(17)8(19-12(16)18)5-7-4-6-2-3-14-10(6)15-9(7)13/h2-5H,1H3,(H,14,15)/b8-5-. The molecule has 5 nitrogen and oxygen atoms in total. The number of rotatable bonds is 1. The van der Waals surface area contributed by atoms with Crippen molar-refractivity contribution in [2.24, 2.45) is 0 Å². The second-order valence-electron chi connectivity index (χ2n) is 4.02. The maximum atomic E-state index is 11.8. The van der Waals surface area contributed by atoms with Crippen molar-refractivity contribution in [2.75, 3.05) is 7.05 Å². The summed E-state index contributed by atoms with van der Waals surface area (Å²) in [5, 5.41) is 0.688. The minimum atomic E-state index is -0.281. The average Bonchev–Trinajstić information content (AvgIpc) is 2.91. The Morgan fingerprint density at radius 1 is 1.47 bits per heavy atom. The minimum absolute atomic E-state index is 0.261. The molecular formula is C12H8BrN3O2S. The van der Waals surface area contributed by atoms with Gasteiger partial charge in [-0.1, -0.05) is 0 Å². The van der Waals surface area contributed by atoms with Gasteiger partial charge in [0.15, 0.2) is 0 Å². The Morgan fingerprint density at radius 3 is 2.95 bits per heavy atom. The third-order valence-corrected chi connectivity index (χ3v) is 4.38. The van der Waals surface area contributed by atoms with Gasteiger partial charge in [0.05, 0.1) is 4.91 Å². The average molecular weight is 338 g/mol. The Morgan fingerprint density at radius 2 is 2.26 bits per heavy atom. The number of carbonyl (C=O) groups is 2. The van der Waals surface area contributed by atoms with Crippen LogP contribution in [-0.2, 0) is 4.79 Å². The number of amides is 2. The Kier molecular flexibility index (Phi) is 2.94. The van der Waals surface area contributed by atoms with Crippen molar-refractivity contribution in [3.05, 3.63) is 33.4 Å². The zero-order valence-corrected chi connectivity index (χ0v) is 12.2. The van der Waals surface area contributed by atoms with Crippen molar-refractivity contribution in [1.29, 1.82) is 0 Å². The van der Waals surface area contributed by atoms with Gasteiger partial charge in [-0.3, -0.25) is 14.5 Å². The van der Waals surface area contributed by atoms with E-state index in [4.69, 9.17) is 0 Å². The number of carbonyl (C=O) groups excluding carboxylic acids is 2. The van der Waals surface area contributed by atoms with Crippen LogP contribution in [0.3, 0.4) is 0 Å². The van der Waals surface area contributed by atoms with E-state index in [-0.39, 0.29) is 11.1 Å². The molecule has 0 aliphatic carbocycles. The number of aromatic amines is 1. The number of H-pyrrole nitrogens is 1. The Bertz CT molecular complexity index is 738. The zero-order valence-electron chi connectivity index (χ0n) is 9.81. The van der Waals surface area contributed by atoms with E-state index < -0.39 is 0 Å². The van der Waals surface area contributed by atoms with Crippen LogP contribution >= 0.6 is 27.7 Å². The number of halogens is 1. The van der Waals surface area contributed by atoms with Gasteiger partial charge in [-0.2, -0.15) is 0 Å². The fraction of sp³-hybridized carbons (Fsp3) is 0.0833. The number of likely N-dealkylation sites (N-methyl/N-ethyl adjacent to an activating group) is 1. The molecule has 3 heterocycles. The number of imide groups is 1. The van der Waals surface area contributed by atoms with E-state index in [0.717, 1.165) is 33.3 Å². The number of aromatic nitrogens is 2. The highest BCUT2D eigenvalue weighted by Gasteiger charge is 2.31. The zero-order chi connectivity index (χ0) is 13.6. The van der Waals surface area contributed by atoms with Crippen LogP contribution in [0.15, 0.2) is 27.8 Å². The van der Waals surface area contributed by atoms with Gasteiger partial charge in [0.25, 0.3) is 11.1 Å². The normalized spacial score (nSPS) is 18.0. The van der Waals surface area contributed by atoms with Crippen molar-refractivity contribution in [3.8, 4) is 0 Å². The molecule has 0 bridgehead atoms. The molecular weight excluding hydrogens is 330 g/mol. The Hall–Kier alpha value is -1.60. The van der Waals surface area contributed by atoms with E-state index in [1.54, 1.807) is 12.3 Å². The molecule has 2 aromatic heterocycles. The quantitative estimate of drug-likeness (QED) is 0.641. The highest BCUT2D eigenvalue weighted by molar-refractivity contribution is 9.10. The van der Waals surface area contributed by atoms with Crippen LogP contribution in [0.25, 0.3) is 17.1 Å². The van der Waals surface area contributed by atoms with Crippen LogP contribution in [-0.4, -0.2) is 33.1 Å². The molecule has 3 rings (SSSR count). The predicted molar refractivity (Wildman–Crippen MR) is 77.5 cm³/mol. The predicted octanol–water partition coefficient (Wildman–Crippen LogP) is 2.99. The van der Waals surface area contributed by atoms with Gasteiger partial charge in [0.2, 0.25) is 0 Å². The summed E-state index contributed by atoms with van der Waals surface area (Å²) in [6.45, 7) is 0. The Labute approximate surface area is 121 Å². The lowest BCUT2D eigenvalue weighted by atomic mass is 10.2. The highest BCUT2D eigenvalue weighted by atomic mass is 79.9. The molecule has 0 radical (unpaired) electrons. The first kappa shape index (κ1) is 12.4. The number of pyridine rings is 1. The van der Waals surface area contributed by atoms with Crippen molar-refractivity contribution in [1.82, 2.24) is 14.9 Å².